The van der Waals surface area contributed by atoms with Crippen molar-refractivity contribution in [1.82, 2.24) is 4.98 Å². The van der Waals surface area contributed by atoms with Gasteiger partial charge in [-0.3, -0.25) is 4.98 Å². The molecule has 0 aliphatic carbocycles. The van der Waals surface area contributed by atoms with Crippen molar-refractivity contribution in [2.45, 2.75) is 24.9 Å². The Labute approximate surface area is 169 Å². The molecule has 4 rings (SSSR count). The van der Waals surface area contributed by atoms with Gasteiger partial charge in [0.2, 0.25) is 0 Å². The number of methoxy groups -OCH3 is 1. The van der Waals surface area contributed by atoms with Crippen molar-refractivity contribution in [1.29, 1.82) is 0 Å². The smallest absolute Gasteiger partial charge is 0.139 e. The molecule has 5 nitrogen and oxygen atoms in total. The van der Waals surface area contributed by atoms with E-state index in [1.807, 2.05) is 6.07 Å². The van der Waals surface area contributed by atoms with E-state index in [1.165, 1.54) is 23.3 Å². The van der Waals surface area contributed by atoms with Crippen molar-refractivity contribution in [3.8, 4) is 5.75 Å². The van der Waals surface area contributed by atoms with E-state index in [0.717, 1.165) is 29.8 Å². The third-order valence-electron chi connectivity index (χ3n) is 5.24. The summed E-state index contributed by atoms with van der Waals surface area (Å²) in [6, 6.07) is 14.7. The molecule has 1 aliphatic heterocycles. The molecule has 2 aromatic carbocycles. The summed E-state index contributed by atoms with van der Waals surface area (Å²) in [5, 5.41) is 16.3. The molecule has 3 aromatic rings. The van der Waals surface area contributed by atoms with Crippen LogP contribution in [-0.2, 0) is 18.5 Å². The van der Waals surface area contributed by atoms with Crippen molar-refractivity contribution >= 4 is 11.4 Å². The lowest BCUT2D eigenvalue weighted by Gasteiger charge is -2.33. The van der Waals surface area contributed by atoms with Crippen molar-refractivity contribution in [2.24, 2.45) is 0 Å². The summed E-state index contributed by atoms with van der Waals surface area (Å²) in [6.45, 7) is 0.180. The van der Waals surface area contributed by atoms with Crippen LogP contribution in [0.5, 0.6) is 5.75 Å². The first-order valence-corrected chi connectivity index (χ1v) is 9.66. The minimum absolute atomic E-state index is 0.180. The second kappa shape index (κ2) is 8.09. The molecular formula is C23H24FN3O2. The molecule has 0 amide bonds. The summed E-state index contributed by atoms with van der Waals surface area (Å²) >= 11 is 0. The normalized spacial score (nSPS) is 17.5. The number of fused-ring (bicyclic) bond motifs is 1. The number of ether oxygens (including phenoxy) is 1. The average Bonchev–Trinajstić information content (AvgIpc) is 3.11. The molecule has 1 aromatic heterocycles. The quantitative estimate of drug-likeness (QED) is 0.564. The van der Waals surface area contributed by atoms with Gasteiger partial charge in [-0.1, -0.05) is 24.3 Å². The number of hydrogen-bond donors (Lipinski definition) is 3. The molecule has 29 heavy (non-hydrogen) atoms. The van der Waals surface area contributed by atoms with Gasteiger partial charge >= 0.3 is 0 Å². The van der Waals surface area contributed by atoms with E-state index in [9.17, 15) is 4.39 Å². The zero-order valence-corrected chi connectivity index (χ0v) is 16.3. The maximum atomic E-state index is 13.6. The van der Waals surface area contributed by atoms with E-state index >= 15 is 0 Å². The van der Waals surface area contributed by atoms with Crippen molar-refractivity contribution in [3.05, 3.63) is 83.4 Å². The highest BCUT2D eigenvalue weighted by Gasteiger charge is 2.38. The van der Waals surface area contributed by atoms with Crippen LogP contribution < -0.4 is 15.4 Å². The van der Waals surface area contributed by atoms with Crippen molar-refractivity contribution in [3.63, 3.8) is 0 Å². The molecule has 0 saturated heterocycles. The van der Waals surface area contributed by atoms with E-state index in [1.54, 1.807) is 31.6 Å². The van der Waals surface area contributed by atoms with E-state index in [-0.39, 0.29) is 12.4 Å². The fourth-order valence-corrected chi connectivity index (χ4v) is 3.82. The number of nitrogens with zero attached hydrogens (tertiary/aromatic N) is 1. The van der Waals surface area contributed by atoms with Gasteiger partial charge in [0, 0.05) is 24.8 Å². The Morgan fingerprint density at radius 2 is 2.00 bits per heavy atom. The first kappa shape index (κ1) is 19.2. The largest absolute Gasteiger partial charge is 0.495 e. The molecule has 1 atom stereocenters. The van der Waals surface area contributed by atoms with Gasteiger partial charge in [0.25, 0.3) is 0 Å². The third kappa shape index (κ3) is 4.03. The molecule has 150 valence electrons. The molecular weight excluding hydrogens is 369 g/mol. The molecule has 1 unspecified atom stereocenters. The van der Waals surface area contributed by atoms with Gasteiger partial charge in [0.1, 0.15) is 17.2 Å². The third-order valence-corrected chi connectivity index (χ3v) is 5.24. The van der Waals surface area contributed by atoms with E-state index in [0.29, 0.717) is 12.2 Å². The predicted octanol–water partition coefficient (Wildman–Crippen LogP) is 4.09. The molecule has 1 aliphatic rings. The molecule has 2 heterocycles. The fraction of sp³-hybridized carbons (Fsp3) is 0.261. The Morgan fingerprint density at radius 1 is 1.17 bits per heavy atom. The van der Waals surface area contributed by atoms with E-state index < -0.39 is 5.66 Å². The van der Waals surface area contributed by atoms with E-state index in [4.69, 9.17) is 9.84 Å². The highest BCUT2D eigenvalue weighted by atomic mass is 19.1. The highest BCUT2D eigenvalue weighted by molar-refractivity contribution is 5.65. The van der Waals surface area contributed by atoms with Gasteiger partial charge in [-0.25, -0.2) is 4.39 Å². The number of anilines is 2. The lowest BCUT2D eigenvalue weighted by atomic mass is 9.94. The summed E-state index contributed by atoms with van der Waals surface area (Å²) < 4.78 is 18.9. The zero-order chi connectivity index (χ0) is 20.3. The van der Waals surface area contributed by atoms with Gasteiger partial charge in [0.05, 0.1) is 25.2 Å². The Bertz CT molecular complexity index is 994. The molecule has 0 fully saturated rings. The number of aliphatic hydroxyl groups is 1. The standard InChI is InChI=1S/C23H24FN3O2/c1-29-21-12-20(14-25-15-21)26-23(18-5-7-19(24)8-6-18)13-17-11-16(3-2-10-28)4-9-22(17)27-23/h4-9,11-12,14-15,26-28H,2-3,10,13H2,1H3. The first-order valence-electron chi connectivity index (χ1n) is 9.66. The maximum Gasteiger partial charge on any atom is 0.139 e. The molecule has 0 saturated carbocycles. The lowest BCUT2D eigenvalue weighted by Crippen LogP contribution is -2.41. The summed E-state index contributed by atoms with van der Waals surface area (Å²) in [5.74, 6) is 0.389. The number of pyridine rings is 1. The Hall–Kier alpha value is -3.12. The maximum absolute atomic E-state index is 13.6. The van der Waals surface area contributed by atoms with Crippen LogP contribution in [0.15, 0.2) is 60.9 Å². The summed E-state index contributed by atoms with van der Waals surface area (Å²) in [5.41, 5.74) is 4.49. The second-order valence-electron chi connectivity index (χ2n) is 7.27. The van der Waals surface area contributed by atoms with Crippen molar-refractivity contribution < 1.29 is 14.2 Å². The molecule has 3 N–H and O–H groups in total. The van der Waals surface area contributed by atoms with Crippen molar-refractivity contribution in [2.75, 3.05) is 24.4 Å². The van der Waals surface area contributed by atoms with Gasteiger partial charge < -0.3 is 20.5 Å². The Kier molecular flexibility index (Phi) is 5.36. The van der Waals surface area contributed by atoms with Gasteiger partial charge in [-0.05, 0) is 47.7 Å². The number of hydrogen-bond acceptors (Lipinski definition) is 5. The average molecular weight is 393 g/mol. The van der Waals surface area contributed by atoms with Crippen LogP contribution in [0.1, 0.15) is 23.1 Å². The number of aryl methyl sites for hydroxylation is 1. The van der Waals surface area contributed by atoms with Crippen LogP contribution in [0, 0.1) is 5.82 Å². The molecule has 6 heteroatoms. The number of aliphatic hydroxyl groups excluding tert-OH is 1. The first-order chi connectivity index (χ1) is 14.1. The topological polar surface area (TPSA) is 66.4 Å². The summed E-state index contributed by atoms with van der Waals surface area (Å²) in [7, 11) is 1.61. The number of benzene rings is 2. The SMILES string of the molecule is COc1cncc(NC2(c3ccc(F)cc3)Cc3cc(CCCO)ccc3N2)c1. The predicted molar refractivity (Wildman–Crippen MR) is 112 cm³/mol. The monoisotopic (exact) mass is 393 g/mol. The highest BCUT2D eigenvalue weighted by Crippen LogP contribution is 2.40. The van der Waals surface area contributed by atoms with Crippen LogP contribution in [0.2, 0.25) is 0 Å². The molecule has 0 spiro atoms. The summed E-state index contributed by atoms with van der Waals surface area (Å²) in [6.07, 6.45) is 5.65. The minimum atomic E-state index is -0.639. The Balaban J connectivity index is 1.70. The van der Waals surface area contributed by atoms with E-state index in [2.05, 4.69) is 33.8 Å². The zero-order valence-electron chi connectivity index (χ0n) is 16.3. The van der Waals surface area contributed by atoms with Crippen LogP contribution in [0.25, 0.3) is 0 Å². The van der Waals surface area contributed by atoms with Gasteiger partial charge in [-0.15, -0.1) is 0 Å². The van der Waals surface area contributed by atoms with Crippen LogP contribution in [0.4, 0.5) is 15.8 Å². The van der Waals surface area contributed by atoms with Crippen LogP contribution >= 0.6 is 0 Å². The van der Waals surface area contributed by atoms with Crippen LogP contribution in [-0.4, -0.2) is 23.8 Å². The second-order valence-corrected chi connectivity index (χ2v) is 7.27. The number of halogens is 1. The summed E-state index contributed by atoms with van der Waals surface area (Å²) in [4.78, 5) is 4.23. The lowest BCUT2D eigenvalue weighted by molar-refractivity contribution is 0.288. The minimum Gasteiger partial charge on any atom is -0.495 e. The Morgan fingerprint density at radius 3 is 2.76 bits per heavy atom. The number of rotatable bonds is 7. The fourth-order valence-electron chi connectivity index (χ4n) is 3.82. The van der Waals surface area contributed by atoms with Crippen LogP contribution in [0.3, 0.4) is 0 Å². The van der Waals surface area contributed by atoms with Gasteiger partial charge in [-0.2, -0.15) is 0 Å². The molecule has 0 bridgehead atoms. The van der Waals surface area contributed by atoms with Gasteiger partial charge in [0.15, 0.2) is 0 Å². The number of nitrogens with one attached hydrogen (secondary N) is 2. The number of aromatic nitrogens is 1. The molecule has 0 radical (unpaired) electrons.